The van der Waals surface area contributed by atoms with Crippen LogP contribution < -0.4 is 0 Å². The van der Waals surface area contributed by atoms with E-state index >= 15 is 0 Å². The van der Waals surface area contributed by atoms with Crippen LogP contribution in [0.4, 0.5) is 8.78 Å². The highest BCUT2D eigenvalue weighted by molar-refractivity contribution is 7.17. The van der Waals surface area contributed by atoms with Crippen LogP contribution in [0.2, 0.25) is 0 Å². The Hall–Kier alpha value is -3.14. The number of ether oxygens (including phenoxy) is 1. The van der Waals surface area contributed by atoms with Crippen LogP contribution in [0.1, 0.15) is 40.2 Å². The number of esters is 1. The molecule has 4 aromatic rings. The van der Waals surface area contributed by atoms with Crippen molar-refractivity contribution in [1.29, 1.82) is 0 Å². The van der Waals surface area contributed by atoms with Crippen LogP contribution in [0, 0.1) is 13.8 Å². The molecule has 0 fully saturated rings. The lowest BCUT2D eigenvalue weighted by molar-refractivity contribution is 0.0520. The van der Waals surface area contributed by atoms with Crippen LogP contribution in [-0.2, 0) is 4.74 Å². The molecule has 0 saturated heterocycles. The molecule has 29 heavy (non-hydrogen) atoms. The molecular formula is C19H16F2N4O3S. The Bertz CT molecular complexity index is 1190. The van der Waals surface area contributed by atoms with E-state index in [1.165, 1.54) is 0 Å². The Balaban J connectivity index is 1.84. The maximum Gasteiger partial charge on any atom is 0.350 e. The number of thiazole rings is 1. The third kappa shape index (κ3) is 3.29. The maximum absolute atomic E-state index is 13.4. The Morgan fingerprint density at radius 3 is 2.83 bits per heavy atom. The van der Waals surface area contributed by atoms with Crippen LogP contribution in [-0.4, -0.2) is 32.3 Å². The van der Waals surface area contributed by atoms with Crippen molar-refractivity contribution in [3.05, 3.63) is 46.6 Å². The summed E-state index contributed by atoms with van der Waals surface area (Å²) >= 11 is 0.884. The molecule has 0 atom stereocenters. The van der Waals surface area contributed by atoms with Gasteiger partial charge >= 0.3 is 5.97 Å². The lowest BCUT2D eigenvalue weighted by Gasteiger charge is -2.01. The average Bonchev–Trinajstić information content (AvgIpc) is 3.38. The number of pyridine rings is 1. The SMILES string of the molecule is CCOC(=O)c1sc(-c2ccn3ncc(-c4c(C)noc4C)c3c2)nc1C(F)F. The first-order valence-electron chi connectivity index (χ1n) is 8.77. The fourth-order valence-electron chi connectivity index (χ4n) is 3.12. The smallest absolute Gasteiger partial charge is 0.350 e. The van der Waals surface area contributed by atoms with E-state index in [1.54, 1.807) is 36.0 Å². The summed E-state index contributed by atoms with van der Waals surface area (Å²) in [6.45, 7) is 5.35. The third-order valence-electron chi connectivity index (χ3n) is 4.39. The number of carbonyl (C=O) groups excluding carboxylic acids is 1. The van der Waals surface area contributed by atoms with Gasteiger partial charge in [-0.2, -0.15) is 5.10 Å². The Kier molecular flexibility index (Phi) is 4.87. The predicted molar refractivity (Wildman–Crippen MR) is 102 cm³/mol. The van der Waals surface area contributed by atoms with Crippen molar-refractivity contribution in [2.45, 2.75) is 27.2 Å². The fraction of sp³-hybridized carbons (Fsp3) is 0.263. The van der Waals surface area contributed by atoms with Gasteiger partial charge in [-0.3, -0.25) is 0 Å². The molecule has 0 unspecified atom stereocenters. The fourth-order valence-corrected chi connectivity index (χ4v) is 4.08. The van der Waals surface area contributed by atoms with E-state index in [1.807, 2.05) is 13.8 Å². The lowest BCUT2D eigenvalue weighted by atomic mass is 10.1. The minimum Gasteiger partial charge on any atom is -0.462 e. The minimum atomic E-state index is -2.88. The van der Waals surface area contributed by atoms with Gasteiger partial charge in [-0.1, -0.05) is 5.16 Å². The van der Waals surface area contributed by atoms with Gasteiger partial charge in [-0.15, -0.1) is 11.3 Å². The van der Waals surface area contributed by atoms with E-state index in [2.05, 4.69) is 15.2 Å². The van der Waals surface area contributed by atoms with Gasteiger partial charge in [0.1, 0.15) is 21.3 Å². The largest absolute Gasteiger partial charge is 0.462 e. The van der Waals surface area contributed by atoms with Crippen molar-refractivity contribution in [2.24, 2.45) is 0 Å². The molecule has 0 aliphatic carbocycles. The zero-order chi connectivity index (χ0) is 20.7. The lowest BCUT2D eigenvalue weighted by Crippen LogP contribution is -2.05. The molecule has 0 aliphatic rings. The Labute approximate surface area is 167 Å². The molecule has 0 bridgehead atoms. The van der Waals surface area contributed by atoms with Gasteiger partial charge in [0, 0.05) is 17.3 Å². The van der Waals surface area contributed by atoms with Crippen LogP contribution in [0.15, 0.2) is 29.0 Å². The maximum atomic E-state index is 13.4. The molecule has 0 spiro atoms. The quantitative estimate of drug-likeness (QED) is 0.431. The number of fused-ring (bicyclic) bond motifs is 1. The Morgan fingerprint density at radius 1 is 1.38 bits per heavy atom. The molecular weight excluding hydrogens is 402 g/mol. The summed E-state index contributed by atoms with van der Waals surface area (Å²) in [5.74, 6) is -0.143. The molecule has 0 amide bonds. The summed E-state index contributed by atoms with van der Waals surface area (Å²) in [7, 11) is 0. The first kappa shape index (κ1) is 19.2. The molecule has 4 heterocycles. The summed E-state index contributed by atoms with van der Waals surface area (Å²) in [4.78, 5) is 15.9. The van der Waals surface area contributed by atoms with Crippen molar-refractivity contribution in [2.75, 3.05) is 6.61 Å². The zero-order valence-electron chi connectivity index (χ0n) is 15.8. The number of nitrogens with zero attached hydrogens (tertiary/aromatic N) is 4. The number of hydrogen-bond donors (Lipinski definition) is 0. The first-order chi connectivity index (χ1) is 13.9. The minimum absolute atomic E-state index is 0.0946. The van der Waals surface area contributed by atoms with Gasteiger partial charge < -0.3 is 9.26 Å². The molecule has 4 aromatic heterocycles. The van der Waals surface area contributed by atoms with Crippen LogP contribution >= 0.6 is 11.3 Å². The highest BCUT2D eigenvalue weighted by atomic mass is 32.1. The van der Waals surface area contributed by atoms with Gasteiger partial charge in [-0.05, 0) is 32.9 Å². The normalized spacial score (nSPS) is 11.5. The standard InChI is InChI=1S/C19H16F2N4O3S/c1-4-27-19(26)16-15(17(20)21)23-18(29-16)11-5-6-25-13(7-11)12(8-22-25)14-9(2)24-28-10(14)3/h5-8,17H,4H2,1-3H3. The number of aromatic nitrogens is 4. The molecule has 150 valence electrons. The number of rotatable bonds is 5. The molecule has 0 aliphatic heterocycles. The average molecular weight is 418 g/mol. The monoisotopic (exact) mass is 418 g/mol. The van der Waals surface area contributed by atoms with E-state index in [4.69, 9.17) is 9.26 Å². The second kappa shape index (κ2) is 7.36. The van der Waals surface area contributed by atoms with Crippen molar-refractivity contribution in [3.8, 4) is 21.7 Å². The molecule has 0 saturated carbocycles. The highest BCUT2D eigenvalue weighted by Crippen LogP contribution is 2.36. The van der Waals surface area contributed by atoms with E-state index in [9.17, 15) is 13.6 Å². The van der Waals surface area contributed by atoms with Crippen molar-refractivity contribution in [3.63, 3.8) is 0 Å². The van der Waals surface area contributed by atoms with E-state index in [0.29, 0.717) is 16.3 Å². The van der Waals surface area contributed by atoms with Gasteiger partial charge in [-0.25, -0.2) is 23.1 Å². The summed E-state index contributed by atoms with van der Waals surface area (Å²) in [5, 5.41) is 8.61. The molecule has 0 aromatic carbocycles. The second-order valence-corrected chi connectivity index (χ2v) is 7.26. The van der Waals surface area contributed by atoms with Crippen molar-refractivity contribution >= 4 is 22.8 Å². The van der Waals surface area contributed by atoms with E-state index in [-0.39, 0.29) is 11.5 Å². The van der Waals surface area contributed by atoms with Gasteiger partial charge in [0.25, 0.3) is 6.43 Å². The van der Waals surface area contributed by atoms with Crippen molar-refractivity contribution in [1.82, 2.24) is 19.8 Å². The highest BCUT2D eigenvalue weighted by Gasteiger charge is 2.26. The third-order valence-corrected chi connectivity index (χ3v) is 5.49. The molecule has 0 N–H and O–H groups in total. The summed E-state index contributed by atoms with van der Waals surface area (Å²) in [5.41, 5.74) is 3.12. The molecule has 0 radical (unpaired) electrons. The van der Waals surface area contributed by atoms with Gasteiger partial charge in [0.05, 0.1) is 29.6 Å². The van der Waals surface area contributed by atoms with Gasteiger partial charge in [0.2, 0.25) is 0 Å². The van der Waals surface area contributed by atoms with Crippen molar-refractivity contribution < 1.29 is 22.8 Å². The van der Waals surface area contributed by atoms with Gasteiger partial charge in [0.15, 0.2) is 0 Å². The number of carbonyl (C=O) groups is 1. The summed E-state index contributed by atoms with van der Waals surface area (Å²) < 4.78 is 38.6. The summed E-state index contributed by atoms with van der Waals surface area (Å²) in [6, 6.07) is 3.50. The number of alkyl halides is 2. The number of hydrogen-bond acceptors (Lipinski definition) is 7. The Morgan fingerprint density at radius 2 is 2.17 bits per heavy atom. The van der Waals surface area contributed by atoms with E-state index in [0.717, 1.165) is 33.7 Å². The summed E-state index contributed by atoms with van der Waals surface area (Å²) in [6.07, 6.45) is 0.526. The molecule has 7 nitrogen and oxygen atoms in total. The first-order valence-corrected chi connectivity index (χ1v) is 9.59. The molecule has 10 heteroatoms. The topological polar surface area (TPSA) is 82.5 Å². The number of aryl methyl sites for hydroxylation is 2. The van der Waals surface area contributed by atoms with Crippen LogP contribution in [0.3, 0.4) is 0 Å². The van der Waals surface area contributed by atoms with Crippen LogP contribution in [0.5, 0.6) is 0 Å². The van der Waals surface area contributed by atoms with Crippen LogP contribution in [0.25, 0.3) is 27.2 Å². The zero-order valence-corrected chi connectivity index (χ0v) is 16.6. The molecule has 4 rings (SSSR count). The second-order valence-electron chi connectivity index (χ2n) is 6.26. The van der Waals surface area contributed by atoms with E-state index < -0.39 is 18.1 Å². The predicted octanol–water partition coefficient (Wildman–Crippen LogP) is 4.84. The number of halogens is 2.